The number of hydrogen-bond acceptors (Lipinski definition) is 0. The van der Waals surface area contributed by atoms with E-state index in [1.165, 1.54) is 0 Å². The maximum Gasteiger partial charge on any atom is 0 e. The molecule has 0 nitrogen and oxygen atoms in total. The summed E-state index contributed by atoms with van der Waals surface area (Å²) in [6, 6.07) is 0. The predicted molar refractivity (Wildman–Crippen MR) is 16.9 cm³/mol. The van der Waals surface area contributed by atoms with E-state index in [9.17, 15) is 0 Å². The summed E-state index contributed by atoms with van der Waals surface area (Å²) in [6.07, 6.45) is 0. The zero-order chi connectivity index (χ0) is 2.71. The van der Waals surface area contributed by atoms with Crippen molar-refractivity contribution in [1.82, 2.24) is 0 Å². The fourth-order valence-corrected chi connectivity index (χ4v) is 0. The molecule has 0 radical (unpaired) electrons. The van der Waals surface area contributed by atoms with Crippen molar-refractivity contribution in [2.24, 2.45) is 0 Å². The summed E-state index contributed by atoms with van der Waals surface area (Å²) < 4.78 is 0. The molecule has 0 saturated carbocycles. The van der Waals surface area contributed by atoms with Gasteiger partial charge in [-0.05, 0) is 0 Å². The summed E-state index contributed by atoms with van der Waals surface area (Å²) in [6.45, 7) is 1.09. The summed E-state index contributed by atoms with van der Waals surface area (Å²) in [5.74, 6) is 0. The fraction of sp³-hybridized carbons (Fsp3) is 0. The van der Waals surface area contributed by atoms with Crippen LogP contribution < -0.4 is 0 Å². The molecular weight excluding hydrogens is 196 g/mol. The van der Waals surface area contributed by atoms with Gasteiger partial charge in [-0.2, -0.15) is 0 Å². The summed E-state index contributed by atoms with van der Waals surface area (Å²) in [5.41, 5.74) is 0. The normalized spacial score (nSPS) is 7.00. The van der Waals surface area contributed by atoms with Crippen LogP contribution in [0.1, 0.15) is 0 Å². The van der Waals surface area contributed by atoms with E-state index >= 15 is 0 Å². The SMILES string of the molecule is B[PH][Mo].[Ni]. The molecule has 0 aromatic heterocycles. The van der Waals surface area contributed by atoms with Crippen LogP contribution in [0.3, 0.4) is 0 Å². The zero-order valence-electron chi connectivity index (χ0n) is 2.22. The van der Waals surface area contributed by atoms with Crippen molar-refractivity contribution in [2.45, 2.75) is 0 Å². The molecule has 0 spiro atoms. The van der Waals surface area contributed by atoms with Crippen molar-refractivity contribution in [3.8, 4) is 0 Å². The average molecular weight is 199 g/mol. The molecule has 0 aliphatic heterocycles. The van der Waals surface area contributed by atoms with Gasteiger partial charge in [0, 0.05) is 16.5 Å². The van der Waals surface area contributed by atoms with E-state index in [4.69, 9.17) is 0 Å². The first kappa shape index (κ1) is 9.18. The molecule has 4 heavy (non-hydrogen) atoms. The molecule has 0 rings (SSSR count). The minimum atomic E-state index is 0. The van der Waals surface area contributed by atoms with E-state index in [-0.39, 0.29) is 16.5 Å². The fourth-order valence-electron chi connectivity index (χ4n) is 0. The molecule has 0 saturated heterocycles. The molecule has 0 aromatic rings. The molecule has 1 atom stereocenters. The van der Waals surface area contributed by atoms with Gasteiger partial charge in [0.25, 0.3) is 0 Å². The molecule has 0 heterocycles. The predicted octanol–water partition coefficient (Wildman–Crippen LogP) is -0.328. The first-order valence-corrected chi connectivity index (χ1v) is 5.12. The van der Waals surface area contributed by atoms with E-state index in [1.54, 1.807) is 0 Å². The Kier molecular flexibility index (Phi) is 20.3. The third-order valence-electron chi connectivity index (χ3n) is 0. The molecular formula is H3BMoNiP. The maximum absolute atomic E-state index is 2.16. The third-order valence-corrected chi connectivity index (χ3v) is 0. The van der Waals surface area contributed by atoms with Gasteiger partial charge in [-0.3, -0.25) is 0 Å². The molecule has 27 valence electrons. The van der Waals surface area contributed by atoms with Crippen LogP contribution in [-0.4, -0.2) is 7.57 Å². The van der Waals surface area contributed by atoms with Gasteiger partial charge in [-0.1, -0.05) is 0 Å². The van der Waals surface area contributed by atoms with Gasteiger partial charge in [0.15, 0.2) is 0 Å². The quantitative estimate of drug-likeness (QED) is 0.370. The van der Waals surface area contributed by atoms with Crippen molar-refractivity contribution < 1.29 is 35.8 Å². The Morgan fingerprint density at radius 3 is 1.75 bits per heavy atom. The van der Waals surface area contributed by atoms with Crippen LogP contribution in [0.4, 0.5) is 0 Å². The first-order chi connectivity index (χ1) is 1.41. The third kappa shape index (κ3) is 9.37. The summed E-state index contributed by atoms with van der Waals surface area (Å²) >= 11 is 2.10. The maximum atomic E-state index is 2.16. The standard InChI is InChI=1S/BH3P.Mo.Ni/c1-2;;/h2H,1H2;;/q-1;+1;. The van der Waals surface area contributed by atoms with Gasteiger partial charge < -0.3 is 0 Å². The van der Waals surface area contributed by atoms with Gasteiger partial charge in [0.1, 0.15) is 0 Å². The van der Waals surface area contributed by atoms with Crippen LogP contribution in [-0.2, 0) is 35.8 Å². The monoisotopic (exact) mass is 201 g/mol. The Bertz CT molecular complexity index is 8.00. The zero-order valence-corrected chi connectivity index (χ0v) is 6.22. The molecule has 0 bridgehead atoms. The van der Waals surface area contributed by atoms with Gasteiger partial charge in [0.2, 0.25) is 0 Å². The smallest absolute Gasteiger partial charge is 0 e. The van der Waals surface area contributed by atoms with Crippen LogP contribution in [0.2, 0.25) is 0 Å². The van der Waals surface area contributed by atoms with Gasteiger partial charge in [-0.25, -0.2) is 0 Å². The van der Waals surface area contributed by atoms with E-state index < -0.39 is 0 Å². The van der Waals surface area contributed by atoms with Crippen LogP contribution in [0, 0.1) is 0 Å². The summed E-state index contributed by atoms with van der Waals surface area (Å²) in [5, 5.41) is 0. The molecule has 0 aliphatic rings. The van der Waals surface area contributed by atoms with Gasteiger partial charge >= 0.3 is 33.4 Å². The van der Waals surface area contributed by atoms with Crippen LogP contribution >= 0.6 is 6.55 Å². The average Bonchev–Trinajstić information content (AvgIpc) is 0.918. The van der Waals surface area contributed by atoms with E-state index in [1.807, 2.05) is 0 Å². The van der Waals surface area contributed by atoms with Gasteiger partial charge in [-0.15, -0.1) is 0 Å². The topological polar surface area (TPSA) is 0 Å². The van der Waals surface area contributed by atoms with Crippen molar-refractivity contribution in [2.75, 3.05) is 0 Å². The largest absolute Gasteiger partial charge is 0 e. The van der Waals surface area contributed by atoms with Crippen molar-refractivity contribution >= 4 is 14.1 Å². The Morgan fingerprint density at radius 1 is 1.75 bits per heavy atom. The molecule has 0 N–H and O–H groups in total. The summed E-state index contributed by atoms with van der Waals surface area (Å²) in [7, 11) is 2.16. The van der Waals surface area contributed by atoms with Gasteiger partial charge in [0.05, 0.1) is 0 Å². The Morgan fingerprint density at radius 2 is 1.75 bits per heavy atom. The minimum absolute atomic E-state index is 0. The van der Waals surface area contributed by atoms with Crippen LogP contribution in [0.5, 0.6) is 0 Å². The second-order valence-corrected chi connectivity index (χ2v) is 3.62. The Balaban J connectivity index is 0. The molecule has 4 heteroatoms. The molecule has 0 aliphatic carbocycles. The molecule has 1 unspecified atom stereocenters. The van der Waals surface area contributed by atoms with E-state index in [0.29, 0.717) is 0 Å². The number of hydrogen-bond donors (Lipinski definition) is 0. The van der Waals surface area contributed by atoms with E-state index in [0.717, 1.165) is 6.55 Å². The second kappa shape index (κ2) is 8.82. The van der Waals surface area contributed by atoms with Crippen LogP contribution in [0.15, 0.2) is 0 Å². The molecule has 0 fully saturated rings. The number of rotatable bonds is 0. The van der Waals surface area contributed by atoms with Crippen molar-refractivity contribution in [1.29, 1.82) is 0 Å². The first-order valence-electron chi connectivity index (χ1n) is 0.704. The Hall–Kier alpha value is 1.68. The van der Waals surface area contributed by atoms with E-state index in [2.05, 4.69) is 26.9 Å². The van der Waals surface area contributed by atoms with Crippen LogP contribution in [0.25, 0.3) is 0 Å². The summed E-state index contributed by atoms with van der Waals surface area (Å²) in [4.78, 5) is 0. The van der Waals surface area contributed by atoms with Crippen molar-refractivity contribution in [3.63, 3.8) is 0 Å². The Labute approximate surface area is 49.9 Å². The molecule has 0 aromatic carbocycles. The minimum Gasteiger partial charge on any atom is 0 e. The van der Waals surface area contributed by atoms with Crippen molar-refractivity contribution in [3.05, 3.63) is 0 Å². The molecule has 0 amide bonds. The second-order valence-electron chi connectivity index (χ2n) is 0.204.